The zero-order chi connectivity index (χ0) is 7.07. The standard InChI is InChI=1S/C10H15/c1-2-4-6-8-10-9-7-5-3-1/h1-2,5H,3-4,6,8-10H2. The van der Waals surface area contributed by atoms with E-state index in [-0.39, 0.29) is 0 Å². The Hall–Kier alpha value is -0.520. The van der Waals surface area contributed by atoms with Crippen LogP contribution in [0.4, 0.5) is 0 Å². The molecule has 0 fully saturated rings. The molecule has 0 amide bonds. The Morgan fingerprint density at radius 1 is 1.00 bits per heavy atom. The van der Waals surface area contributed by atoms with Crippen molar-refractivity contribution in [1.82, 2.24) is 0 Å². The van der Waals surface area contributed by atoms with Crippen LogP contribution in [-0.4, -0.2) is 0 Å². The van der Waals surface area contributed by atoms with Crippen molar-refractivity contribution in [2.45, 2.75) is 38.5 Å². The highest BCUT2D eigenvalue weighted by Gasteiger charge is 1.87. The average Bonchev–Trinajstić information content (AvgIpc) is 2.01. The molecule has 0 saturated carbocycles. The van der Waals surface area contributed by atoms with Gasteiger partial charge in [-0.2, -0.15) is 0 Å². The summed E-state index contributed by atoms with van der Waals surface area (Å²) in [7, 11) is 0. The number of hydrogen-bond acceptors (Lipinski definition) is 0. The molecule has 55 valence electrons. The molecule has 0 aromatic heterocycles. The van der Waals surface area contributed by atoms with Crippen LogP contribution >= 0.6 is 0 Å². The van der Waals surface area contributed by atoms with Gasteiger partial charge in [-0.25, -0.2) is 0 Å². The van der Waals surface area contributed by atoms with Crippen molar-refractivity contribution in [3.8, 4) is 0 Å². The maximum atomic E-state index is 3.28. The van der Waals surface area contributed by atoms with Gasteiger partial charge in [0.2, 0.25) is 0 Å². The largest absolute Gasteiger partial charge is 0.0882 e. The monoisotopic (exact) mass is 135 g/mol. The van der Waals surface area contributed by atoms with E-state index >= 15 is 0 Å². The minimum atomic E-state index is 1.08. The lowest BCUT2D eigenvalue weighted by Crippen LogP contribution is -1.77. The Morgan fingerprint density at radius 2 is 2.00 bits per heavy atom. The molecule has 0 nitrogen and oxygen atoms in total. The van der Waals surface area contributed by atoms with E-state index in [0.717, 1.165) is 12.8 Å². The van der Waals surface area contributed by atoms with Gasteiger partial charge < -0.3 is 0 Å². The van der Waals surface area contributed by atoms with Gasteiger partial charge in [0.15, 0.2) is 0 Å². The summed E-state index contributed by atoms with van der Waals surface area (Å²) in [5, 5.41) is 0. The lowest BCUT2D eigenvalue weighted by molar-refractivity contribution is 0.688. The van der Waals surface area contributed by atoms with Gasteiger partial charge in [0.05, 0.1) is 0 Å². The van der Waals surface area contributed by atoms with Crippen LogP contribution in [0, 0.1) is 6.08 Å². The predicted molar refractivity (Wildman–Crippen MR) is 44.7 cm³/mol. The van der Waals surface area contributed by atoms with E-state index in [9.17, 15) is 0 Å². The third kappa shape index (κ3) is 3.49. The quantitative estimate of drug-likeness (QED) is 0.447. The van der Waals surface area contributed by atoms with Crippen molar-refractivity contribution in [2.24, 2.45) is 0 Å². The fraction of sp³-hybridized carbons (Fsp3) is 0.600. The Bertz CT molecular complexity index is 106. The summed E-state index contributed by atoms with van der Waals surface area (Å²) in [6, 6.07) is 0. The molecule has 1 rings (SSSR count). The summed E-state index contributed by atoms with van der Waals surface area (Å²) < 4.78 is 0. The lowest BCUT2D eigenvalue weighted by Gasteiger charge is -1.96. The van der Waals surface area contributed by atoms with Crippen LogP contribution in [0.5, 0.6) is 0 Å². The maximum absolute atomic E-state index is 3.28. The highest BCUT2D eigenvalue weighted by molar-refractivity contribution is 4.90. The van der Waals surface area contributed by atoms with E-state index in [0.29, 0.717) is 0 Å². The molecule has 10 heavy (non-hydrogen) atoms. The third-order valence-electron chi connectivity index (χ3n) is 1.76. The Balaban J connectivity index is 2.25. The number of allylic oxidation sites excluding steroid dienone is 4. The van der Waals surface area contributed by atoms with Crippen LogP contribution in [0.1, 0.15) is 38.5 Å². The minimum Gasteiger partial charge on any atom is -0.0882 e. The van der Waals surface area contributed by atoms with E-state index in [4.69, 9.17) is 0 Å². The van der Waals surface area contributed by atoms with Gasteiger partial charge in [0.1, 0.15) is 0 Å². The molecule has 1 radical (unpaired) electrons. The van der Waals surface area contributed by atoms with E-state index in [2.05, 4.69) is 24.3 Å². The highest BCUT2D eigenvalue weighted by Crippen LogP contribution is 2.06. The van der Waals surface area contributed by atoms with E-state index in [1.807, 2.05) is 0 Å². The van der Waals surface area contributed by atoms with Crippen LogP contribution in [0.25, 0.3) is 0 Å². The SMILES string of the molecule is [C]1=CCC=CCCCCC1. The normalized spacial score (nSPS) is 20.8. The molecule has 0 aliphatic heterocycles. The molecule has 0 saturated heterocycles. The smallest absolute Gasteiger partial charge is 0.0163 e. The first-order valence-corrected chi connectivity index (χ1v) is 4.20. The van der Waals surface area contributed by atoms with Gasteiger partial charge in [-0.15, -0.1) is 0 Å². The maximum Gasteiger partial charge on any atom is -0.0163 e. The lowest BCUT2D eigenvalue weighted by atomic mass is 10.1. The molecule has 0 heterocycles. The number of rotatable bonds is 0. The summed E-state index contributed by atoms with van der Waals surface area (Å²) in [6.07, 6.45) is 17.5. The molecular formula is C10H15. The molecule has 0 bridgehead atoms. The number of hydrogen-bond donors (Lipinski definition) is 0. The van der Waals surface area contributed by atoms with Crippen molar-refractivity contribution in [3.05, 3.63) is 24.3 Å². The summed E-state index contributed by atoms with van der Waals surface area (Å²) >= 11 is 0. The van der Waals surface area contributed by atoms with E-state index in [1.165, 1.54) is 25.7 Å². The highest BCUT2D eigenvalue weighted by atomic mass is 13.9. The summed E-state index contributed by atoms with van der Waals surface area (Å²) in [5.41, 5.74) is 0. The fourth-order valence-electron chi connectivity index (χ4n) is 1.13. The first kappa shape index (κ1) is 7.59. The van der Waals surface area contributed by atoms with Gasteiger partial charge in [0.25, 0.3) is 0 Å². The molecule has 0 atom stereocenters. The first-order chi connectivity index (χ1) is 5.00. The molecule has 0 aromatic carbocycles. The van der Waals surface area contributed by atoms with Gasteiger partial charge in [-0.3, -0.25) is 0 Å². The van der Waals surface area contributed by atoms with Crippen molar-refractivity contribution < 1.29 is 0 Å². The Kier molecular flexibility index (Phi) is 4.00. The van der Waals surface area contributed by atoms with Crippen LogP contribution in [-0.2, 0) is 0 Å². The summed E-state index contributed by atoms with van der Waals surface area (Å²) in [4.78, 5) is 0. The molecular weight excluding hydrogens is 120 g/mol. The van der Waals surface area contributed by atoms with Gasteiger partial charge in [-0.1, -0.05) is 24.6 Å². The van der Waals surface area contributed by atoms with Gasteiger partial charge in [-0.05, 0) is 38.2 Å². The first-order valence-electron chi connectivity index (χ1n) is 4.20. The van der Waals surface area contributed by atoms with Crippen molar-refractivity contribution in [2.75, 3.05) is 0 Å². The average molecular weight is 135 g/mol. The van der Waals surface area contributed by atoms with E-state index in [1.54, 1.807) is 0 Å². The van der Waals surface area contributed by atoms with Crippen LogP contribution in [0.2, 0.25) is 0 Å². The zero-order valence-corrected chi connectivity index (χ0v) is 6.47. The second kappa shape index (κ2) is 5.28. The zero-order valence-electron chi connectivity index (χ0n) is 6.47. The van der Waals surface area contributed by atoms with Crippen molar-refractivity contribution >= 4 is 0 Å². The molecule has 1 aliphatic rings. The second-order valence-corrected chi connectivity index (χ2v) is 2.71. The molecule has 0 unspecified atom stereocenters. The molecule has 1 aliphatic carbocycles. The molecule has 0 spiro atoms. The molecule has 0 N–H and O–H groups in total. The molecule has 0 heteroatoms. The van der Waals surface area contributed by atoms with E-state index < -0.39 is 0 Å². The minimum absolute atomic E-state index is 1.08. The van der Waals surface area contributed by atoms with Crippen LogP contribution in [0.15, 0.2) is 18.2 Å². The Morgan fingerprint density at radius 3 is 3.00 bits per heavy atom. The third-order valence-corrected chi connectivity index (χ3v) is 1.76. The van der Waals surface area contributed by atoms with Crippen LogP contribution in [0.3, 0.4) is 0 Å². The van der Waals surface area contributed by atoms with Crippen molar-refractivity contribution in [1.29, 1.82) is 0 Å². The summed E-state index contributed by atoms with van der Waals surface area (Å²) in [6.45, 7) is 0. The van der Waals surface area contributed by atoms with Crippen molar-refractivity contribution in [3.63, 3.8) is 0 Å². The predicted octanol–water partition coefficient (Wildman–Crippen LogP) is 3.26. The van der Waals surface area contributed by atoms with Crippen LogP contribution < -0.4 is 0 Å². The second-order valence-electron chi connectivity index (χ2n) is 2.71. The fourth-order valence-corrected chi connectivity index (χ4v) is 1.13. The van der Waals surface area contributed by atoms with Gasteiger partial charge in [0, 0.05) is 0 Å². The topological polar surface area (TPSA) is 0 Å². The molecule has 0 aromatic rings. The van der Waals surface area contributed by atoms with Gasteiger partial charge >= 0.3 is 0 Å². The Labute approximate surface area is 63.6 Å². The summed E-state index contributed by atoms with van der Waals surface area (Å²) in [5.74, 6) is 0.